The molecule has 3 rings (SSSR count). The molecule has 2 nitrogen and oxygen atoms in total. The van der Waals surface area contributed by atoms with Crippen LogP contribution in [0.4, 0.5) is 0 Å². The van der Waals surface area contributed by atoms with Crippen LogP contribution in [0.2, 0.25) is 0 Å². The van der Waals surface area contributed by atoms with E-state index in [-0.39, 0.29) is 0 Å². The molecule has 0 aliphatic heterocycles. The van der Waals surface area contributed by atoms with Crippen LogP contribution in [0.15, 0.2) is 58.3 Å². The van der Waals surface area contributed by atoms with Crippen LogP contribution in [0.1, 0.15) is 49.7 Å². The van der Waals surface area contributed by atoms with Crippen molar-refractivity contribution in [1.82, 2.24) is 0 Å². The Labute approximate surface area is 133 Å². The molecule has 2 aromatic rings. The minimum absolute atomic E-state index is 0.371. The lowest BCUT2D eigenvalue weighted by atomic mass is 9.81. The average Bonchev–Trinajstić information content (AvgIpc) is 2.56. The maximum atomic E-state index is 12.7. The van der Waals surface area contributed by atoms with Gasteiger partial charge in [0.15, 0.2) is 0 Å². The Balaban J connectivity index is 2.01. The van der Waals surface area contributed by atoms with Crippen molar-refractivity contribution in [1.29, 1.82) is 0 Å². The van der Waals surface area contributed by atoms with Gasteiger partial charge in [0, 0.05) is 0 Å². The van der Waals surface area contributed by atoms with E-state index in [1.807, 2.05) is 18.2 Å². The summed E-state index contributed by atoms with van der Waals surface area (Å²) in [4.78, 5) is 0.797. The number of fused-ring (bicyclic) bond motifs is 1. The molecule has 3 heteroatoms. The summed E-state index contributed by atoms with van der Waals surface area (Å²) in [5, 5.41) is 0. The zero-order valence-corrected chi connectivity index (χ0v) is 13.8. The van der Waals surface area contributed by atoms with E-state index >= 15 is 0 Å². The Morgan fingerprint density at radius 2 is 1.82 bits per heavy atom. The van der Waals surface area contributed by atoms with E-state index in [0.29, 0.717) is 15.7 Å². The lowest BCUT2D eigenvalue weighted by Crippen LogP contribution is -2.11. The van der Waals surface area contributed by atoms with Crippen molar-refractivity contribution in [2.24, 2.45) is 0 Å². The van der Waals surface area contributed by atoms with Crippen molar-refractivity contribution in [2.45, 2.75) is 54.7 Å². The summed E-state index contributed by atoms with van der Waals surface area (Å²) in [5.74, 6) is 0.599. The Morgan fingerprint density at radius 3 is 2.55 bits per heavy atom. The predicted octanol–water partition coefficient (Wildman–Crippen LogP) is 4.74. The molecular formula is C19H22O2S. The van der Waals surface area contributed by atoms with Gasteiger partial charge in [-0.3, -0.25) is 0 Å². The molecule has 1 unspecified atom stereocenters. The second-order valence-corrected chi connectivity index (χ2v) is 8.00. The molecule has 22 heavy (non-hydrogen) atoms. The number of rotatable bonds is 4. The molecule has 1 aliphatic carbocycles. The fourth-order valence-corrected chi connectivity index (χ4v) is 4.77. The van der Waals surface area contributed by atoms with Crippen LogP contribution in [-0.4, -0.2) is 8.42 Å². The zero-order chi connectivity index (χ0) is 15.6. The molecule has 0 saturated heterocycles. The standard InChI is InChI=1S/C19H22O2S/c1-2-7-15-8-6-9-16-14-18(12-13-19(15)16)22(20,21)17-10-4-3-5-11-17/h3-5,10-15H,2,6-9H2,1H3. The van der Waals surface area contributed by atoms with Crippen LogP contribution in [0, 0.1) is 0 Å². The summed E-state index contributed by atoms with van der Waals surface area (Å²) >= 11 is 0. The number of hydrogen-bond donors (Lipinski definition) is 0. The minimum atomic E-state index is -3.40. The van der Waals surface area contributed by atoms with Crippen LogP contribution in [0.25, 0.3) is 0 Å². The highest BCUT2D eigenvalue weighted by molar-refractivity contribution is 7.91. The fraction of sp³-hybridized carbons (Fsp3) is 0.368. The van der Waals surface area contributed by atoms with E-state index in [9.17, 15) is 8.42 Å². The monoisotopic (exact) mass is 314 g/mol. The molecule has 116 valence electrons. The molecule has 0 bridgehead atoms. The van der Waals surface area contributed by atoms with Gasteiger partial charge in [-0.25, -0.2) is 8.42 Å². The van der Waals surface area contributed by atoms with Crippen LogP contribution in [0.3, 0.4) is 0 Å². The summed E-state index contributed by atoms with van der Waals surface area (Å²) in [7, 11) is -3.40. The van der Waals surface area contributed by atoms with Crippen molar-refractivity contribution in [2.75, 3.05) is 0 Å². The molecule has 0 aromatic heterocycles. The quantitative estimate of drug-likeness (QED) is 0.817. The fourth-order valence-electron chi connectivity index (χ4n) is 3.44. The molecule has 0 heterocycles. The highest BCUT2D eigenvalue weighted by Gasteiger charge is 2.23. The van der Waals surface area contributed by atoms with Crippen LogP contribution >= 0.6 is 0 Å². The normalized spacial score (nSPS) is 18.0. The highest BCUT2D eigenvalue weighted by Crippen LogP contribution is 2.36. The molecule has 1 atom stereocenters. The summed E-state index contributed by atoms with van der Waals surface area (Å²) in [6.07, 6.45) is 5.75. The Kier molecular flexibility index (Phi) is 4.34. The number of benzene rings is 2. The lowest BCUT2D eigenvalue weighted by Gasteiger charge is -2.25. The van der Waals surface area contributed by atoms with E-state index in [2.05, 4.69) is 6.92 Å². The van der Waals surface area contributed by atoms with Gasteiger partial charge < -0.3 is 0 Å². The van der Waals surface area contributed by atoms with E-state index in [4.69, 9.17) is 0 Å². The molecule has 0 amide bonds. The Hall–Kier alpha value is -1.61. The van der Waals surface area contributed by atoms with Crippen molar-refractivity contribution >= 4 is 9.84 Å². The molecule has 0 radical (unpaired) electrons. The second-order valence-electron chi connectivity index (χ2n) is 6.05. The van der Waals surface area contributed by atoms with Crippen LogP contribution in [0.5, 0.6) is 0 Å². The molecule has 1 aliphatic rings. The first-order chi connectivity index (χ1) is 10.6. The van der Waals surface area contributed by atoms with Gasteiger partial charge in [0.2, 0.25) is 9.84 Å². The number of hydrogen-bond acceptors (Lipinski definition) is 2. The maximum Gasteiger partial charge on any atom is 0.206 e. The van der Waals surface area contributed by atoms with Gasteiger partial charge >= 0.3 is 0 Å². The topological polar surface area (TPSA) is 34.1 Å². The minimum Gasteiger partial charge on any atom is -0.219 e. The Bertz CT molecular complexity index is 748. The third kappa shape index (κ3) is 2.82. The first kappa shape index (κ1) is 15.3. The van der Waals surface area contributed by atoms with E-state index in [1.165, 1.54) is 30.4 Å². The summed E-state index contributed by atoms with van der Waals surface area (Å²) < 4.78 is 25.5. The molecule has 0 fully saturated rings. The summed E-state index contributed by atoms with van der Waals surface area (Å²) in [6.45, 7) is 2.21. The predicted molar refractivity (Wildman–Crippen MR) is 88.9 cm³/mol. The van der Waals surface area contributed by atoms with Gasteiger partial charge in [-0.05, 0) is 67.0 Å². The molecule has 0 N–H and O–H groups in total. The van der Waals surface area contributed by atoms with Crippen LogP contribution < -0.4 is 0 Å². The van der Waals surface area contributed by atoms with Gasteiger partial charge in [0.05, 0.1) is 9.79 Å². The third-order valence-electron chi connectivity index (χ3n) is 4.55. The average molecular weight is 314 g/mol. The molecular weight excluding hydrogens is 292 g/mol. The van der Waals surface area contributed by atoms with E-state index < -0.39 is 9.84 Å². The Morgan fingerprint density at radius 1 is 1.05 bits per heavy atom. The van der Waals surface area contributed by atoms with Gasteiger partial charge in [0.1, 0.15) is 0 Å². The largest absolute Gasteiger partial charge is 0.219 e. The van der Waals surface area contributed by atoms with E-state index in [1.54, 1.807) is 30.3 Å². The van der Waals surface area contributed by atoms with Gasteiger partial charge in [0.25, 0.3) is 0 Å². The van der Waals surface area contributed by atoms with Gasteiger partial charge in [-0.15, -0.1) is 0 Å². The highest BCUT2D eigenvalue weighted by atomic mass is 32.2. The summed E-state index contributed by atoms with van der Waals surface area (Å²) in [6, 6.07) is 14.4. The maximum absolute atomic E-state index is 12.7. The SMILES string of the molecule is CCCC1CCCc2cc(S(=O)(=O)c3ccccc3)ccc21. The third-order valence-corrected chi connectivity index (χ3v) is 6.32. The zero-order valence-electron chi connectivity index (χ0n) is 13.0. The van der Waals surface area contributed by atoms with Crippen molar-refractivity contribution < 1.29 is 8.42 Å². The molecule has 0 saturated carbocycles. The number of aryl methyl sites for hydroxylation is 1. The van der Waals surface area contributed by atoms with E-state index in [0.717, 1.165) is 12.8 Å². The first-order valence-corrected chi connectivity index (χ1v) is 9.54. The van der Waals surface area contributed by atoms with Crippen molar-refractivity contribution in [3.05, 3.63) is 59.7 Å². The summed E-state index contributed by atoms with van der Waals surface area (Å²) in [5.41, 5.74) is 2.59. The van der Waals surface area contributed by atoms with Crippen molar-refractivity contribution in [3.8, 4) is 0 Å². The van der Waals surface area contributed by atoms with Crippen molar-refractivity contribution in [3.63, 3.8) is 0 Å². The first-order valence-electron chi connectivity index (χ1n) is 8.06. The second kappa shape index (κ2) is 6.25. The lowest BCUT2D eigenvalue weighted by molar-refractivity contribution is 0.514. The molecule has 0 spiro atoms. The number of sulfone groups is 1. The van der Waals surface area contributed by atoms with Gasteiger partial charge in [-0.1, -0.05) is 37.6 Å². The van der Waals surface area contributed by atoms with Crippen LogP contribution in [-0.2, 0) is 16.3 Å². The molecule has 2 aromatic carbocycles. The van der Waals surface area contributed by atoms with Gasteiger partial charge in [-0.2, -0.15) is 0 Å². The smallest absolute Gasteiger partial charge is 0.206 e.